The quantitative estimate of drug-likeness (QED) is 0.235. The van der Waals surface area contributed by atoms with Crippen LogP contribution in [0.1, 0.15) is 27.8 Å². The zero-order valence-corrected chi connectivity index (χ0v) is 21.3. The Kier molecular flexibility index (Phi) is 9.37. The number of hydrazone groups is 1. The molecule has 0 bridgehead atoms. The molecule has 0 aromatic heterocycles. The Morgan fingerprint density at radius 3 is 2.27 bits per heavy atom. The number of hydrogen-bond donors (Lipinski definition) is 3. The van der Waals surface area contributed by atoms with Crippen LogP contribution < -0.4 is 25.5 Å². The fourth-order valence-corrected chi connectivity index (χ4v) is 3.40. The molecular formula is C28H30N4O5. The predicted molar refractivity (Wildman–Crippen MR) is 142 cm³/mol. The van der Waals surface area contributed by atoms with E-state index in [0.29, 0.717) is 17.1 Å². The molecule has 0 unspecified atom stereocenters. The normalized spacial score (nSPS) is 10.6. The number of carbonyl (C=O) groups is 3. The maximum Gasteiger partial charge on any atom is 0.329 e. The fourth-order valence-electron chi connectivity index (χ4n) is 3.40. The zero-order chi connectivity index (χ0) is 26.8. The number of benzene rings is 3. The summed E-state index contributed by atoms with van der Waals surface area (Å²) >= 11 is 0. The predicted octanol–water partition coefficient (Wildman–Crippen LogP) is 3.40. The number of amides is 3. The summed E-state index contributed by atoms with van der Waals surface area (Å²) in [6.07, 6.45) is 1.37. The Labute approximate surface area is 215 Å². The molecule has 0 fully saturated rings. The summed E-state index contributed by atoms with van der Waals surface area (Å²) in [7, 11) is 1.47. The number of methoxy groups -OCH3 is 1. The molecule has 3 amide bonds. The number of anilines is 1. The summed E-state index contributed by atoms with van der Waals surface area (Å²) in [4.78, 5) is 36.4. The molecule has 0 saturated carbocycles. The van der Waals surface area contributed by atoms with E-state index in [1.807, 2.05) is 63.2 Å². The zero-order valence-electron chi connectivity index (χ0n) is 21.3. The maximum absolute atomic E-state index is 12.4. The van der Waals surface area contributed by atoms with Gasteiger partial charge >= 0.3 is 11.8 Å². The molecule has 0 saturated heterocycles. The molecule has 0 spiro atoms. The fraction of sp³-hybridized carbons (Fsp3) is 0.214. The van der Waals surface area contributed by atoms with Crippen LogP contribution in [-0.4, -0.2) is 37.7 Å². The van der Waals surface area contributed by atoms with E-state index in [-0.39, 0.29) is 19.1 Å². The molecule has 0 atom stereocenters. The Bertz CT molecular complexity index is 1280. The molecule has 0 aliphatic carbocycles. The number of rotatable bonds is 9. The topological polar surface area (TPSA) is 118 Å². The molecule has 9 nitrogen and oxygen atoms in total. The summed E-state index contributed by atoms with van der Waals surface area (Å²) < 4.78 is 11.0. The highest BCUT2D eigenvalue weighted by atomic mass is 16.5. The third-order valence-electron chi connectivity index (χ3n) is 5.45. The summed E-state index contributed by atoms with van der Waals surface area (Å²) in [6, 6.07) is 18.3. The number of ether oxygens (including phenoxy) is 2. The van der Waals surface area contributed by atoms with E-state index in [0.717, 1.165) is 27.9 Å². The average Bonchev–Trinajstić information content (AvgIpc) is 2.89. The van der Waals surface area contributed by atoms with E-state index in [1.54, 1.807) is 18.2 Å². The Morgan fingerprint density at radius 1 is 0.892 bits per heavy atom. The molecule has 0 aliphatic heterocycles. The van der Waals surface area contributed by atoms with Crippen molar-refractivity contribution < 1.29 is 23.9 Å². The van der Waals surface area contributed by atoms with Crippen molar-refractivity contribution in [3.63, 3.8) is 0 Å². The third-order valence-corrected chi connectivity index (χ3v) is 5.45. The first-order valence-electron chi connectivity index (χ1n) is 11.6. The molecule has 3 aromatic carbocycles. The van der Waals surface area contributed by atoms with Crippen molar-refractivity contribution in [1.82, 2.24) is 10.7 Å². The van der Waals surface area contributed by atoms with Gasteiger partial charge in [0.15, 0.2) is 18.1 Å². The van der Waals surface area contributed by atoms with Crippen molar-refractivity contribution >= 4 is 29.6 Å². The second kappa shape index (κ2) is 12.9. The van der Waals surface area contributed by atoms with Crippen LogP contribution in [-0.2, 0) is 20.9 Å². The molecule has 192 valence electrons. The van der Waals surface area contributed by atoms with Crippen molar-refractivity contribution in [3.8, 4) is 11.5 Å². The number of para-hydroxylation sites is 1. The smallest absolute Gasteiger partial charge is 0.329 e. The van der Waals surface area contributed by atoms with E-state index in [9.17, 15) is 14.4 Å². The van der Waals surface area contributed by atoms with Crippen LogP contribution in [0.15, 0.2) is 65.8 Å². The minimum Gasteiger partial charge on any atom is -0.493 e. The minimum absolute atomic E-state index is 0.203. The van der Waals surface area contributed by atoms with Gasteiger partial charge in [-0.15, -0.1) is 0 Å². The number of hydrogen-bond acceptors (Lipinski definition) is 6. The SMILES string of the molecule is COc1cc(/C=N\NC(=O)C(=O)NCc2ccc(C)cc2)ccc1OCC(=O)Nc1c(C)cccc1C. The van der Waals surface area contributed by atoms with Crippen LogP contribution in [0.5, 0.6) is 11.5 Å². The first kappa shape index (κ1) is 26.9. The van der Waals surface area contributed by atoms with Gasteiger partial charge < -0.3 is 20.1 Å². The molecule has 0 aliphatic rings. The largest absolute Gasteiger partial charge is 0.493 e. The Morgan fingerprint density at radius 2 is 1.59 bits per heavy atom. The first-order chi connectivity index (χ1) is 17.8. The highest BCUT2D eigenvalue weighted by Crippen LogP contribution is 2.27. The third kappa shape index (κ3) is 7.93. The van der Waals surface area contributed by atoms with E-state index < -0.39 is 11.8 Å². The lowest BCUT2D eigenvalue weighted by Gasteiger charge is -2.13. The summed E-state index contributed by atoms with van der Waals surface area (Å²) in [5.74, 6) is -1.22. The van der Waals surface area contributed by atoms with Gasteiger partial charge in [0, 0.05) is 12.2 Å². The lowest BCUT2D eigenvalue weighted by molar-refractivity contribution is -0.139. The number of nitrogens with zero attached hydrogens (tertiary/aromatic N) is 1. The van der Waals surface area contributed by atoms with Crippen molar-refractivity contribution in [2.45, 2.75) is 27.3 Å². The van der Waals surface area contributed by atoms with Gasteiger partial charge in [-0.1, -0.05) is 48.0 Å². The first-order valence-corrected chi connectivity index (χ1v) is 11.6. The lowest BCUT2D eigenvalue weighted by Crippen LogP contribution is -2.37. The number of nitrogens with one attached hydrogen (secondary N) is 3. The van der Waals surface area contributed by atoms with Gasteiger partial charge in [0.2, 0.25) is 0 Å². The van der Waals surface area contributed by atoms with Crippen LogP contribution in [0.2, 0.25) is 0 Å². The van der Waals surface area contributed by atoms with Crippen molar-refractivity contribution in [1.29, 1.82) is 0 Å². The maximum atomic E-state index is 12.4. The van der Waals surface area contributed by atoms with Gasteiger partial charge in [-0.2, -0.15) is 5.10 Å². The molecule has 0 heterocycles. The van der Waals surface area contributed by atoms with E-state index in [4.69, 9.17) is 9.47 Å². The van der Waals surface area contributed by atoms with Gasteiger partial charge in [-0.05, 0) is 61.2 Å². The highest BCUT2D eigenvalue weighted by molar-refractivity contribution is 6.35. The number of carbonyl (C=O) groups excluding carboxylic acids is 3. The van der Waals surface area contributed by atoms with Gasteiger partial charge in [0.1, 0.15) is 0 Å². The second-order valence-corrected chi connectivity index (χ2v) is 8.38. The van der Waals surface area contributed by atoms with E-state index in [1.165, 1.54) is 13.3 Å². The molecule has 37 heavy (non-hydrogen) atoms. The molecular weight excluding hydrogens is 472 g/mol. The van der Waals surface area contributed by atoms with E-state index >= 15 is 0 Å². The van der Waals surface area contributed by atoms with Crippen molar-refractivity contribution in [3.05, 3.63) is 88.5 Å². The van der Waals surface area contributed by atoms with E-state index in [2.05, 4.69) is 21.2 Å². The second-order valence-electron chi connectivity index (χ2n) is 8.38. The van der Waals surface area contributed by atoms with Gasteiger partial charge in [0.05, 0.1) is 13.3 Å². The molecule has 9 heteroatoms. The number of aryl methyl sites for hydroxylation is 3. The standard InChI is InChI=1S/C28H30N4O5/c1-18-8-10-21(11-9-18)15-29-27(34)28(35)32-30-16-22-12-13-23(24(14-22)36-4)37-17-25(33)31-26-19(2)6-5-7-20(26)3/h5-14,16H,15,17H2,1-4H3,(H,29,34)(H,31,33)(H,32,35)/b30-16-. The molecule has 3 aromatic rings. The summed E-state index contributed by atoms with van der Waals surface area (Å²) in [5, 5.41) is 9.24. The van der Waals surface area contributed by atoms with Crippen molar-refractivity contribution in [2.24, 2.45) is 5.10 Å². The Balaban J connectivity index is 1.50. The Hall–Kier alpha value is -4.66. The van der Waals surface area contributed by atoms with Crippen LogP contribution in [0.3, 0.4) is 0 Å². The lowest BCUT2D eigenvalue weighted by atomic mass is 10.1. The monoisotopic (exact) mass is 502 g/mol. The van der Waals surface area contributed by atoms with Crippen LogP contribution in [0.4, 0.5) is 5.69 Å². The molecule has 3 N–H and O–H groups in total. The van der Waals surface area contributed by atoms with Crippen LogP contribution >= 0.6 is 0 Å². The molecule has 0 radical (unpaired) electrons. The summed E-state index contributed by atoms with van der Waals surface area (Å²) in [5.41, 5.74) is 7.46. The minimum atomic E-state index is -0.884. The van der Waals surface area contributed by atoms with Gasteiger partial charge in [-0.3, -0.25) is 14.4 Å². The van der Waals surface area contributed by atoms with Crippen LogP contribution in [0.25, 0.3) is 0 Å². The van der Waals surface area contributed by atoms with Gasteiger partial charge in [0.25, 0.3) is 5.91 Å². The summed E-state index contributed by atoms with van der Waals surface area (Å²) in [6.45, 7) is 5.85. The highest BCUT2D eigenvalue weighted by Gasteiger charge is 2.13. The van der Waals surface area contributed by atoms with Gasteiger partial charge in [-0.25, -0.2) is 5.43 Å². The average molecular weight is 503 g/mol. The molecule has 3 rings (SSSR count). The van der Waals surface area contributed by atoms with Crippen LogP contribution in [0, 0.1) is 20.8 Å². The van der Waals surface area contributed by atoms with Crippen molar-refractivity contribution in [2.75, 3.05) is 19.0 Å².